The lowest BCUT2D eigenvalue weighted by atomic mass is 10.8. The van der Waals surface area contributed by atoms with Crippen molar-refractivity contribution in [3.8, 4) is 0 Å². The van der Waals surface area contributed by atoms with Crippen molar-refractivity contribution in [1.29, 1.82) is 0 Å². The zero-order valence-corrected chi connectivity index (χ0v) is 5.95. The van der Waals surface area contributed by atoms with Crippen LogP contribution in [0.4, 0.5) is 5.82 Å². The molecule has 0 radical (unpaired) electrons. The summed E-state index contributed by atoms with van der Waals surface area (Å²) >= 11 is 0. The second kappa shape index (κ2) is 3.34. The van der Waals surface area contributed by atoms with Crippen LogP contribution in [-0.2, 0) is 0 Å². The quantitative estimate of drug-likeness (QED) is 0.478. The van der Waals surface area contributed by atoms with Gasteiger partial charge in [-0.15, -0.1) is 0 Å². The van der Waals surface area contributed by atoms with E-state index < -0.39 is 15.8 Å². The van der Waals surface area contributed by atoms with Crippen LogP contribution in [0.3, 0.4) is 0 Å². The van der Waals surface area contributed by atoms with E-state index in [2.05, 4.69) is 10.3 Å². The van der Waals surface area contributed by atoms with Crippen molar-refractivity contribution in [2.24, 2.45) is 0 Å². The van der Waals surface area contributed by atoms with Gasteiger partial charge in [0.1, 0.15) is 0 Å². The number of aromatic nitrogens is 3. The number of hydrogen-bond donors (Lipinski definition) is 1. The monoisotopic (exact) mass is 177 g/mol. The number of hydrogen-bond acceptors (Lipinski definition) is 6. The Morgan fingerprint density at radius 2 is 2.00 bits per heavy atom. The summed E-state index contributed by atoms with van der Waals surface area (Å²) in [6.07, 6.45) is 0.611. The molecule has 0 aliphatic rings. The van der Waals surface area contributed by atoms with Crippen LogP contribution in [0.2, 0.25) is 0 Å². The van der Waals surface area contributed by atoms with Gasteiger partial charge in [0.2, 0.25) is 11.3 Å². The molecule has 0 aliphatic carbocycles. The minimum Gasteiger partial charge on any atom is -0.369 e. The van der Waals surface area contributed by atoms with Crippen molar-refractivity contribution in [2.45, 2.75) is 0 Å². The van der Waals surface area contributed by atoms with Crippen molar-refractivity contribution in [2.75, 3.05) is 0 Å². The molecule has 0 aliphatic heterocycles. The Morgan fingerprint density at radius 3 is 2.25 bits per heavy atom. The summed E-state index contributed by atoms with van der Waals surface area (Å²) in [6, 6.07) is 0. The molecule has 0 spiro atoms. The predicted molar refractivity (Wildman–Crippen MR) is 35.1 cm³/mol. The van der Waals surface area contributed by atoms with Crippen LogP contribution in [0.25, 0.3) is 0 Å². The van der Waals surface area contributed by atoms with Crippen LogP contribution in [0.15, 0.2) is 6.20 Å². The first-order valence-corrected chi connectivity index (χ1v) is 2.32. The fourth-order valence-corrected chi connectivity index (χ4v) is 0.410. The second-order valence-electron chi connectivity index (χ2n) is 1.49. The van der Waals surface area contributed by atoms with Crippen LogP contribution >= 0.6 is 0 Å². The van der Waals surface area contributed by atoms with Crippen LogP contribution < -0.4 is 6.15 Å². The minimum absolute atomic E-state index is 0. The molecular weight excluding hydrogens is 172 g/mol. The Hall–Kier alpha value is -2.10. The molecule has 0 atom stereocenters. The molecule has 0 unspecified atom stereocenters. The largest absolute Gasteiger partial charge is 0.443 e. The molecule has 4 N–H and O–H groups in total. The fourth-order valence-electron chi connectivity index (χ4n) is 0.410. The molecule has 12 heavy (non-hydrogen) atoms. The summed E-state index contributed by atoms with van der Waals surface area (Å²) < 4.78 is 0. The third-order valence-corrected chi connectivity index (χ3v) is 0.824. The number of nitrogens with zero attached hydrogens (tertiary/aromatic N) is 5. The van der Waals surface area contributed by atoms with Crippen molar-refractivity contribution >= 4 is 5.82 Å². The summed E-state index contributed by atoms with van der Waals surface area (Å²) in [4.78, 5) is 19.1. The minimum atomic E-state index is -0.931. The lowest BCUT2D eigenvalue weighted by Crippen LogP contribution is -2.08. The first-order chi connectivity index (χ1) is 5.11. The first-order valence-electron chi connectivity index (χ1n) is 2.32. The molecule has 0 amide bonds. The maximum Gasteiger partial charge on any atom is 0.443 e. The molecule has 1 aromatic heterocycles. The summed E-state index contributed by atoms with van der Waals surface area (Å²) in [5.41, 5.74) is 0. The van der Waals surface area contributed by atoms with E-state index in [0.717, 1.165) is 0 Å². The van der Waals surface area contributed by atoms with Gasteiger partial charge in [-0.2, -0.15) is 0 Å². The van der Waals surface area contributed by atoms with E-state index in [1.165, 1.54) is 0 Å². The number of nitro groups is 2. The maximum atomic E-state index is 9.90. The summed E-state index contributed by atoms with van der Waals surface area (Å²) in [5, 5.41) is 24.6. The smallest absolute Gasteiger partial charge is 0.369 e. The highest BCUT2D eigenvalue weighted by atomic mass is 16.7. The van der Waals surface area contributed by atoms with E-state index in [9.17, 15) is 20.2 Å². The molecule has 10 heteroatoms. The summed E-state index contributed by atoms with van der Waals surface area (Å²) in [6.45, 7) is 0. The molecule has 66 valence electrons. The predicted octanol–water partition coefficient (Wildman–Crippen LogP) is -0.398. The molecule has 0 saturated carbocycles. The molecule has 0 saturated heterocycles. The van der Waals surface area contributed by atoms with E-state index in [4.69, 9.17) is 0 Å². The SMILES string of the molecule is O=[N+]([O-])c1cn([N+](=O)[O-])nn1.[NH4+]. The van der Waals surface area contributed by atoms with Crippen LogP contribution in [0.1, 0.15) is 0 Å². The third kappa shape index (κ3) is 1.69. The highest BCUT2D eigenvalue weighted by molar-refractivity contribution is 5.07. The molecule has 0 bridgehead atoms. The molecule has 0 fully saturated rings. The van der Waals surface area contributed by atoms with Gasteiger partial charge in [-0.3, -0.25) is 0 Å². The topological polar surface area (TPSA) is 153 Å². The Bertz CT molecular complexity index is 276. The molecule has 10 nitrogen and oxygen atoms in total. The Morgan fingerprint density at radius 1 is 1.42 bits per heavy atom. The average molecular weight is 177 g/mol. The van der Waals surface area contributed by atoms with E-state index >= 15 is 0 Å². The normalized spacial score (nSPS) is 8.67. The van der Waals surface area contributed by atoms with Crippen molar-refractivity contribution in [3.05, 3.63) is 26.4 Å². The molecule has 1 heterocycles. The highest BCUT2D eigenvalue weighted by Crippen LogP contribution is 2.01. The zero-order chi connectivity index (χ0) is 8.43. The zero-order valence-electron chi connectivity index (χ0n) is 5.95. The summed E-state index contributed by atoms with van der Waals surface area (Å²) in [7, 11) is 0. The van der Waals surface area contributed by atoms with Crippen molar-refractivity contribution in [3.63, 3.8) is 0 Å². The van der Waals surface area contributed by atoms with Gasteiger partial charge in [0, 0.05) is 0 Å². The summed E-state index contributed by atoms with van der Waals surface area (Å²) in [5.74, 6) is -0.651. The van der Waals surface area contributed by atoms with E-state index in [1.54, 1.807) is 0 Å². The Labute approximate surface area is 64.6 Å². The van der Waals surface area contributed by atoms with Gasteiger partial charge in [-0.1, -0.05) is 0 Å². The molecular formula is C2H5N6O4+. The fraction of sp³-hybridized carbons (Fsp3) is 0. The lowest BCUT2D eigenvalue weighted by Gasteiger charge is -1.83. The van der Waals surface area contributed by atoms with Gasteiger partial charge in [-0.05, 0) is 4.92 Å². The lowest BCUT2D eigenvalue weighted by molar-refractivity contribution is -0.553. The van der Waals surface area contributed by atoms with Gasteiger partial charge < -0.3 is 26.4 Å². The van der Waals surface area contributed by atoms with Crippen LogP contribution in [0.5, 0.6) is 0 Å². The van der Waals surface area contributed by atoms with Gasteiger partial charge in [0.05, 0.1) is 9.82 Å². The molecule has 1 aromatic rings. The highest BCUT2D eigenvalue weighted by Gasteiger charge is 2.20. The van der Waals surface area contributed by atoms with Gasteiger partial charge in [-0.25, -0.2) is 0 Å². The maximum absolute atomic E-state index is 9.90. The Kier molecular flexibility index (Phi) is 2.75. The second-order valence-corrected chi connectivity index (χ2v) is 1.49. The average Bonchev–Trinajstić information content (AvgIpc) is 2.33. The third-order valence-electron chi connectivity index (χ3n) is 0.824. The first kappa shape index (κ1) is 9.90. The number of quaternary nitrogens is 1. The van der Waals surface area contributed by atoms with Crippen LogP contribution in [0, 0.1) is 20.2 Å². The number of rotatable bonds is 2. The van der Waals surface area contributed by atoms with Crippen molar-refractivity contribution in [1.82, 2.24) is 21.3 Å². The molecule has 0 aromatic carbocycles. The van der Waals surface area contributed by atoms with Gasteiger partial charge >= 0.3 is 11.0 Å². The van der Waals surface area contributed by atoms with Crippen LogP contribution in [-0.4, -0.2) is 25.1 Å². The van der Waals surface area contributed by atoms with Gasteiger partial charge in [0.15, 0.2) is 0 Å². The Balaban J connectivity index is 0.00000121. The van der Waals surface area contributed by atoms with E-state index in [-0.39, 0.29) is 10.9 Å². The molecule has 1 rings (SSSR count). The van der Waals surface area contributed by atoms with Crippen molar-refractivity contribution < 1.29 is 9.96 Å². The van der Waals surface area contributed by atoms with E-state index in [0.29, 0.717) is 6.20 Å². The van der Waals surface area contributed by atoms with E-state index in [1.807, 2.05) is 0 Å². The van der Waals surface area contributed by atoms with Gasteiger partial charge in [0.25, 0.3) is 0 Å². The standard InChI is InChI=1S/C2HN5O4.H3N/c8-6(9)2-1-5(4-3-2)7(10)11;/h1H;1H3/p+1.